The van der Waals surface area contributed by atoms with Crippen molar-refractivity contribution in [1.29, 1.82) is 0 Å². The summed E-state index contributed by atoms with van der Waals surface area (Å²) in [5.41, 5.74) is 10.6. The number of likely N-dealkylation sites (N-methyl/N-ethyl adjacent to an activating group) is 1. The van der Waals surface area contributed by atoms with Gasteiger partial charge in [-0.1, -0.05) is 54.6 Å². The van der Waals surface area contributed by atoms with E-state index in [0.29, 0.717) is 24.3 Å². The minimum absolute atomic E-state index is 0.0261. The Morgan fingerprint density at radius 2 is 1.57 bits per heavy atom. The molecule has 2 aliphatic rings. The van der Waals surface area contributed by atoms with Gasteiger partial charge in [0.05, 0.1) is 5.56 Å². The summed E-state index contributed by atoms with van der Waals surface area (Å²) < 4.78 is 8.03. The van der Waals surface area contributed by atoms with Crippen LogP contribution in [-0.4, -0.2) is 66.5 Å². The van der Waals surface area contributed by atoms with Gasteiger partial charge in [0.1, 0.15) is 12.4 Å². The number of carbonyl (C=O) groups excluding carboxylic acids is 2. The molecule has 1 N–H and O–H groups in total. The van der Waals surface area contributed by atoms with Crippen LogP contribution in [0.15, 0.2) is 97.1 Å². The van der Waals surface area contributed by atoms with E-state index in [-0.39, 0.29) is 17.9 Å². The van der Waals surface area contributed by atoms with Gasteiger partial charge in [-0.15, -0.1) is 0 Å². The Balaban J connectivity index is 1.20. The highest BCUT2D eigenvalue weighted by Gasteiger charge is 2.33. The summed E-state index contributed by atoms with van der Waals surface area (Å²) in [5.74, 6) is 0.658. The van der Waals surface area contributed by atoms with Crippen molar-refractivity contribution in [2.45, 2.75) is 45.5 Å². The molecule has 0 radical (unpaired) electrons. The van der Waals surface area contributed by atoms with E-state index < -0.39 is 0 Å². The number of ether oxygens (including phenoxy) is 1. The number of carbonyl (C=O) groups is 2. The van der Waals surface area contributed by atoms with Crippen molar-refractivity contribution in [3.63, 3.8) is 0 Å². The van der Waals surface area contributed by atoms with Crippen LogP contribution in [0.5, 0.6) is 5.75 Å². The first-order chi connectivity index (χ1) is 24.7. The van der Waals surface area contributed by atoms with E-state index in [4.69, 9.17) is 4.74 Å². The zero-order valence-electron chi connectivity index (χ0n) is 30.3. The minimum Gasteiger partial charge on any atom is -0.489 e. The van der Waals surface area contributed by atoms with Crippen molar-refractivity contribution in [3.05, 3.63) is 142 Å². The van der Waals surface area contributed by atoms with E-state index in [9.17, 15) is 9.59 Å². The van der Waals surface area contributed by atoms with Crippen molar-refractivity contribution in [2.24, 2.45) is 7.05 Å². The van der Waals surface area contributed by atoms with Crippen LogP contribution in [-0.2, 0) is 39.6 Å². The van der Waals surface area contributed by atoms with Gasteiger partial charge in [-0.2, -0.15) is 0 Å². The van der Waals surface area contributed by atoms with Gasteiger partial charge in [0.2, 0.25) is 0 Å². The predicted octanol–water partition coefficient (Wildman–Crippen LogP) is 6.63. The molecule has 1 atom stereocenters. The number of hydrogen-bond donors (Lipinski definition) is 1. The second kappa shape index (κ2) is 14.6. The SMILES string of the molecule is Cc1c(C(=O)N(C)c2ccc(OCc3ccccc3)cc2)cc(-c2cc3c(cc2C(=O)N2Cc4ccccc4C[C@H]2CN(C)C)CNCC3)n1C. The van der Waals surface area contributed by atoms with E-state index in [0.717, 1.165) is 72.0 Å². The van der Waals surface area contributed by atoms with Gasteiger partial charge in [0.15, 0.2) is 0 Å². The van der Waals surface area contributed by atoms with Crippen LogP contribution in [0.4, 0.5) is 5.69 Å². The second-order valence-electron chi connectivity index (χ2n) is 14.1. The summed E-state index contributed by atoms with van der Waals surface area (Å²) in [5, 5.41) is 3.48. The summed E-state index contributed by atoms with van der Waals surface area (Å²) >= 11 is 0. The third kappa shape index (κ3) is 7.07. The Hall–Kier alpha value is -5.18. The van der Waals surface area contributed by atoms with Gasteiger partial charge in [-0.3, -0.25) is 9.59 Å². The molecule has 0 spiro atoms. The zero-order chi connectivity index (χ0) is 35.6. The first kappa shape index (κ1) is 34.3. The molecule has 5 aromatic rings. The molecular formula is C43H47N5O3. The van der Waals surface area contributed by atoms with Gasteiger partial charge >= 0.3 is 0 Å². The van der Waals surface area contributed by atoms with Crippen LogP contribution in [0, 0.1) is 6.92 Å². The molecule has 2 aliphatic heterocycles. The van der Waals surface area contributed by atoms with Crippen LogP contribution in [0.2, 0.25) is 0 Å². The first-order valence-corrected chi connectivity index (χ1v) is 17.8. The van der Waals surface area contributed by atoms with Crippen LogP contribution in [0.1, 0.15) is 54.2 Å². The molecule has 0 bridgehead atoms. The van der Waals surface area contributed by atoms with E-state index in [1.165, 1.54) is 16.7 Å². The molecule has 0 aliphatic carbocycles. The number of rotatable bonds is 9. The fourth-order valence-electron chi connectivity index (χ4n) is 7.47. The summed E-state index contributed by atoms with van der Waals surface area (Å²) in [7, 11) is 7.92. The lowest BCUT2D eigenvalue weighted by atomic mass is 9.89. The monoisotopic (exact) mass is 681 g/mol. The number of hydrogen-bond acceptors (Lipinski definition) is 5. The Bertz CT molecular complexity index is 2050. The average molecular weight is 682 g/mol. The van der Waals surface area contributed by atoms with Gasteiger partial charge in [-0.25, -0.2) is 0 Å². The highest BCUT2D eigenvalue weighted by Crippen LogP contribution is 2.35. The fraction of sp³-hybridized carbons (Fsp3) is 0.302. The van der Waals surface area contributed by atoms with Gasteiger partial charge < -0.3 is 29.3 Å². The van der Waals surface area contributed by atoms with Gasteiger partial charge in [0.25, 0.3) is 11.8 Å². The molecule has 0 fully saturated rings. The van der Waals surface area contributed by atoms with Crippen molar-refractivity contribution in [1.82, 2.24) is 19.7 Å². The van der Waals surface area contributed by atoms with Gasteiger partial charge in [0, 0.05) is 68.0 Å². The molecule has 2 amide bonds. The first-order valence-electron chi connectivity index (χ1n) is 17.8. The smallest absolute Gasteiger partial charge is 0.259 e. The number of anilines is 1. The molecule has 4 aromatic carbocycles. The van der Waals surface area contributed by atoms with Crippen LogP contribution in [0.3, 0.4) is 0 Å². The van der Waals surface area contributed by atoms with Crippen LogP contribution in [0.25, 0.3) is 11.3 Å². The van der Waals surface area contributed by atoms with E-state index >= 15 is 0 Å². The average Bonchev–Trinajstić information content (AvgIpc) is 3.45. The van der Waals surface area contributed by atoms with E-state index in [2.05, 4.69) is 70.2 Å². The Morgan fingerprint density at radius 3 is 2.31 bits per heavy atom. The lowest BCUT2D eigenvalue weighted by Crippen LogP contribution is -2.49. The molecule has 7 rings (SSSR count). The van der Waals surface area contributed by atoms with E-state index in [1.807, 2.05) is 74.6 Å². The number of benzene rings is 4. The van der Waals surface area contributed by atoms with Gasteiger partial charge in [-0.05, 0) is 111 Å². The van der Waals surface area contributed by atoms with Crippen molar-refractivity contribution in [2.75, 3.05) is 39.1 Å². The standard InChI is InChI=1S/C43H47N5O3/c1-29-38(42(49)47(5)35-15-17-37(18-16-35)51-28-30-11-7-6-8-12-30)24-41(46(29)4)39-22-32-19-20-44-25-34(32)23-40(39)43(50)48-26-33-14-10-9-13-31(33)21-36(48)27-45(2)3/h6-18,22-24,36,44H,19-21,25-28H2,1-5H3/t36-/m0/s1. The second-order valence-corrected chi connectivity index (χ2v) is 14.1. The number of nitrogens with one attached hydrogen (secondary N) is 1. The molecular weight excluding hydrogens is 635 g/mol. The zero-order valence-corrected chi connectivity index (χ0v) is 30.3. The number of nitrogens with zero attached hydrogens (tertiary/aromatic N) is 4. The summed E-state index contributed by atoms with van der Waals surface area (Å²) in [6.45, 7) is 5.42. The molecule has 262 valence electrons. The topological polar surface area (TPSA) is 70.1 Å². The summed E-state index contributed by atoms with van der Waals surface area (Å²) in [4.78, 5) is 34.9. The highest BCUT2D eigenvalue weighted by molar-refractivity contribution is 6.08. The summed E-state index contributed by atoms with van der Waals surface area (Å²) in [6, 6.07) is 32.4. The quantitative estimate of drug-likeness (QED) is 0.189. The Labute approximate surface area is 301 Å². The Kier molecular flexibility index (Phi) is 9.80. The van der Waals surface area contributed by atoms with Crippen molar-refractivity contribution < 1.29 is 14.3 Å². The van der Waals surface area contributed by atoms with Crippen LogP contribution < -0.4 is 15.0 Å². The Morgan fingerprint density at radius 1 is 0.843 bits per heavy atom. The predicted molar refractivity (Wildman–Crippen MR) is 203 cm³/mol. The maximum absolute atomic E-state index is 14.9. The molecule has 8 nitrogen and oxygen atoms in total. The van der Waals surface area contributed by atoms with Crippen LogP contribution >= 0.6 is 0 Å². The minimum atomic E-state index is -0.110. The largest absolute Gasteiger partial charge is 0.489 e. The van der Waals surface area contributed by atoms with E-state index in [1.54, 1.807) is 11.9 Å². The lowest BCUT2D eigenvalue weighted by molar-refractivity contribution is 0.0606. The molecule has 0 saturated carbocycles. The number of amides is 2. The molecule has 0 saturated heterocycles. The van der Waals surface area contributed by atoms with Crippen molar-refractivity contribution in [3.8, 4) is 17.0 Å². The maximum atomic E-state index is 14.9. The molecule has 51 heavy (non-hydrogen) atoms. The molecule has 3 heterocycles. The number of fused-ring (bicyclic) bond motifs is 2. The molecule has 0 unspecified atom stereocenters. The fourth-order valence-corrected chi connectivity index (χ4v) is 7.47. The maximum Gasteiger partial charge on any atom is 0.259 e. The summed E-state index contributed by atoms with van der Waals surface area (Å²) in [6.07, 6.45) is 1.70. The number of aromatic nitrogens is 1. The highest BCUT2D eigenvalue weighted by atomic mass is 16.5. The lowest BCUT2D eigenvalue weighted by Gasteiger charge is -2.39. The van der Waals surface area contributed by atoms with Crippen molar-refractivity contribution >= 4 is 17.5 Å². The third-order valence-corrected chi connectivity index (χ3v) is 10.5. The molecule has 8 heteroatoms. The normalized spacial score (nSPS) is 15.3. The third-order valence-electron chi connectivity index (χ3n) is 10.5. The molecule has 1 aromatic heterocycles.